The second-order valence-corrected chi connectivity index (χ2v) is 2.05. The van der Waals surface area contributed by atoms with Gasteiger partial charge in [-0.15, -0.1) is 0 Å². The van der Waals surface area contributed by atoms with Crippen molar-refractivity contribution in [3.63, 3.8) is 0 Å². The molecule has 0 spiro atoms. The van der Waals surface area contributed by atoms with Gasteiger partial charge in [-0.05, 0) is 0 Å². The fourth-order valence-corrected chi connectivity index (χ4v) is 0. The van der Waals surface area contributed by atoms with Crippen LogP contribution in [0, 0.1) is 10.8 Å². The molecule has 0 aliphatic carbocycles. The molecule has 0 bridgehead atoms. The summed E-state index contributed by atoms with van der Waals surface area (Å²) in [7, 11) is -7.57. The molecule has 64 valence electrons. The van der Waals surface area contributed by atoms with Crippen molar-refractivity contribution < 1.29 is 78.3 Å². The normalized spacial score (nSPS) is 9.64. The Morgan fingerprint density at radius 1 is 1.36 bits per heavy atom. The second-order valence-electron chi connectivity index (χ2n) is 0.685. The van der Waals surface area contributed by atoms with Crippen LogP contribution in [0.15, 0.2) is 0 Å². The monoisotopic (exact) mass is 220 g/mol. The topological polar surface area (TPSA) is 156 Å². The Bertz CT molecular complexity index is 150. The summed E-state index contributed by atoms with van der Waals surface area (Å²) < 4.78 is 52.7. The Morgan fingerprint density at radius 3 is 1.45 bits per heavy atom. The molecule has 0 aromatic heterocycles. The first-order chi connectivity index (χ1) is 4.29. The van der Waals surface area contributed by atoms with Crippen LogP contribution in [-0.4, -0.2) is 13.0 Å². The smallest absolute Gasteiger partial charge is 0.705 e. The van der Waals surface area contributed by atoms with Gasteiger partial charge in [0.1, 0.15) is 0 Å². The molecule has 0 rings (SSSR count). The van der Waals surface area contributed by atoms with Gasteiger partial charge >= 0.3 is 41.4 Å². The molecule has 8 nitrogen and oxygen atoms in total. The SMILES string of the molecule is O=S(=O)(O)O[O-].[H+].[Na+].[O-][Cl+2]([O-])[O-]. The van der Waals surface area contributed by atoms with Gasteiger partial charge in [-0.2, -0.15) is 8.42 Å². The zero-order chi connectivity index (χ0) is 8.78. The largest absolute Gasteiger partial charge is 1.00 e. The molecule has 0 heterocycles. The van der Waals surface area contributed by atoms with Crippen molar-refractivity contribution in [2.45, 2.75) is 0 Å². The van der Waals surface area contributed by atoms with Gasteiger partial charge in [0.15, 0.2) is 0 Å². The molecule has 0 aliphatic heterocycles. The number of rotatable bonds is 1. The summed E-state index contributed by atoms with van der Waals surface area (Å²) in [6.07, 6.45) is 0. The van der Waals surface area contributed by atoms with Gasteiger partial charge in [0, 0.05) is 0 Å². The van der Waals surface area contributed by atoms with Crippen LogP contribution in [-0.2, 0) is 14.7 Å². The Hall–Kier alpha value is 1.000. The van der Waals surface area contributed by atoms with Crippen LogP contribution in [0.1, 0.15) is 1.43 Å². The molecule has 0 amide bonds. The summed E-state index contributed by atoms with van der Waals surface area (Å²) in [5.74, 6) is 0. The van der Waals surface area contributed by atoms with E-state index in [-0.39, 0.29) is 31.0 Å². The molecule has 0 saturated carbocycles. The van der Waals surface area contributed by atoms with E-state index in [1.165, 1.54) is 0 Å². The van der Waals surface area contributed by atoms with Crippen molar-refractivity contribution >= 4 is 10.4 Å². The van der Waals surface area contributed by atoms with Crippen LogP contribution in [0.25, 0.3) is 0 Å². The average molecular weight is 221 g/mol. The average Bonchev–Trinajstić information content (AvgIpc) is 1.63. The van der Waals surface area contributed by atoms with Crippen LogP contribution in [0.4, 0.5) is 0 Å². The van der Waals surface area contributed by atoms with Gasteiger partial charge in [0.05, 0.1) is 10.8 Å². The van der Waals surface area contributed by atoms with Crippen molar-refractivity contribution in [2.24, 2.45) is 0 Å². The Morgan fingerprint density at radius 2 is 1.45 bits per heavy atom. The molecule has 1 N–H and O–H groups in total. The summed E-state index contributed by atoms with van der Waals surface area (Å²) in [5, 5.41) is 8.61. The number of halogens is 1. The summed E-state index contributed by atoms with van der Waals surface area (Å²) >= 11 is 0. The Labute approximate surface area is 88.5 Å². The predicted octanol–water partition coefficient (Wildman–Crippen LogP) is -8.37. The number of hydrogen-bond donors (Lipinski definition) is 1. The van der Waals surface area contributed by atoms with Gasteiger partial charge in [-0.1, -0.05) is 0 Å². The molecule has 0 aliphatic rings. The minimum absolute atomic E-state index is 0. The van der Waals surface area contributed by atoms with Gasteiger partial charge in [-0.25, -0.2) is 0 Å². The zero-order valence-electron chi connectivity index (χ0n) is 6.09. The fourth-order valence-electron chi connectivity index (χ4n) is 0. The van der Waals surface area contributed by atoms with Crippen molar-refractivity contribution in [1.29, 1.82) is 0 Å². The van der Waals surface area contributed by atoms with Crippen LogP contribution in [0.2, 0.25) is 0 Å². The molecular formula is H2ClNaO8S. The molecule has 0 fully saturated rings. The van der Waals surface area contributed by atoms with Crippen LogP contribution in [0.3, 0.4) is 0 Å². The third-order valence-electron chi connectivity index (χ3n) is 0.0860. The quantitative estimate of drug-likeness (QED) is 0.198. The van der Waals surface area contributed by atoms with E-state index < -0.39 is 21.2 Å². The first-order valence-corrected chi connectivity index (χ1v) is 3.60. The standard InChI is InChI=1S/ClO3.Na.H2O5S/c2-1(3)4;;1-5-6(2,3)4/h;;1H,(H,2,3,4)/q-1;+1;. The third-order valence-corrected chi connectivity index (χ3v) is 0.258. The van der Waals surface area contributed by atoms with Crippen LogP contribution >= 0.6 is 0 Å². The summed E-state index contributed by atoms with van der Waals surface area (Å²) in [6, 6.07) is 0. The first-order valence-electron chi connectivity index (χ1n) is 1.31. The van der Waals surface area contributed by atoms with Gasteiger partial charge < -0.3 is 23.6 Å². The summed E-state index contributed by atoms with van der Waals surface area (Å²) in [6.45, 7) is 0. The Balaban J connectivity index is -0.0000000483. The van der Waals surface area contributed by atoms with E-state index in [1.54, 1.807) is 0 Å². The predicted molar refractivity (Wildman–Crippen MR) is 13.7 cm³/mol. The van der Waals surface area contributed by atoms with Crippen LogP contribution < -0.4 is 48.8 Å². The maximum absolute atomic E-state index is 9.02. The van der Waals surface area contributed by atoms with Crippen LogP contribution in [0.5, 0.6) is 0 Å². The van der Waals surface area contributed by atoms with Gasteiger partial charge in [0.25, 0.3) is 0 Å². The van der Waals surface area contributed by atoms with Crippen molar-refractivity contribution in [3.8, 4) is 0 Å². The summed E-state index contributed by atoms with van der Waals surface area (Å²) in [5.41, 5.74) is 0. The van der Waals surface area contributed by atoms with E-state index in [9.17, 15) is 0 Å². The maximum Gasteiger partial charge on any atom is 1.00 e. The fraction of sp³-hybridized carbons (Fsp3) is 0. The molecule has 11 heavy (non-hydrogen) atoms. The molecule has 0 atom stereocenters. The minimum atomic E-state index is -4.72. The van der Waals surface area contributed by atoms with Crippen molar-refractivity contribution in [3.05, 3.63) is 0 Å². The van der Waals surface area contributed by atoms with Crippen molar-refractivity contribution in [2.75, 3.05) is 0 Å². The summed E-state index contributed by atoms with van der Waals surface area (Å²) in [4.78, 5) is 0. The van der Waals surface area contributed by atoms with E-state index in [4.69, 9.17) is 32.2 Å². The molecule has 0 saturated heterocycles. The first kappa shape index (κ1) is 17.9. The van der Waals surface area contributed by atoms with E-state index in [0.29, 0.717) is 0 Å². The van der Waals surface area contributed by atoms with Crippen molar-refractivity contribution in [1.82, 2.24) is 0 Å². The molecule has 0 aromatic rings. The van der Waals surface area contributed by atoms with E-state index in [0.717, 1.165) is 0 Å². The van der Waals surface area contributed by atoms with E-state index in [1.807, 2.05) is 0 Å². The third kappa shape index (κ3) is 55.7. The molecule has 11 heteroatoms. The molecular weight excluding hydrogens is 219 g/mol. The molecule has 0 aromatic carbocycles. The second kappa shape index (κ2) is 9.09. The Kier molecular flexibility index (Phi) is 14.8. The maximum atomic E-state index is 9.02. The minimum Gasteiger partial charge on any atom is -0.705 e. The molecule has 0 radical (unpaired) electrons. The van der Waals surface area contributed by atoms with Gasteiger partial charge in [0.2, 0.25) is 0 Å². The van der Waals surface area contributed by atoms with E-state index in [2.05, 4.69) is 4.33 Å². The van der Waals surface area contributed by atoms with Gasteiger partial charge in [-0.3, -0.25) is 4.55 Å². The van der Waals surface area contributed by atoms with E-state index >= 15 is 0 Å². The molecule has 0 unspecified atom stereocenters. The number of hydrogen-bond acceptors (Lipinski definition) is 7. The zero-order valence-corrected chi connectivity index (χ0v) is 8.66.